The average molecular weight is 293 g/mol. The van der Waals surface area contributed by atoms with Crippen LogP contribution in [0.1, 0.15) is 38.9 Å². The highest BCUT2D eigenvalue weighted by Gasteiger charge is 2.48. The highest BCUT2D eigenvalue weighted by atomic mass is 16.3. The second kappa shape index (κ2) is 5.36. The molecule has 1 saturated carbocycles. The average Bonchev–Trinajstić information content (AvgIpc) is 3.05. The molecule has 2 aliphatic rings. The Labute approximate surface area is 124 Å². The maximum atomic E-state index is 13.0. The summed E-state index contributed by atoms with van der Waals surface area (Å²) in [5.41, 5.74) is -0.745. The number of likely N-dealkylation sites (tertiary alicyclic amines) is 1. The first-order valence-corrected chi connectivity index (χ1v) is 7.74. The Kier molecular flexibility index (Phi) is 3.69. The first-order chi connectivity index (χ1) is 10.1. The van der Waals surface area contributed by atoms with Crippen LogP contribution in [-0.2, 0) is 10.2 Å². The number of H-pyrrole nitrogens is 1. The molecule has 0 aromatic carbocycles. The minimum atomic E-state index is -0.745. The third-order valence-corrected chi connectivity index (χ3v) is 5.26. The summed E-state index contributed by atoms with van der Waals surface area (Å²) >= 11 is 0. The molecular formula is C14H23N5O2. The minimum absolute atomic E-state index is 0.0491. The molecule has 0 radical (unpaired) electrons. The second-order valence-electron chi connectivity index (χ2n) is 6.58. The van der Waals surface area contributed by atoms with Gasteiger partial charge < -0.3 is 10.0 Å². The van der Waals surface area contributed by atoms with Gasteiger partial charge in [-0.15, -0.1) is 10.2 Å². The number of carbonyl (C=O) groups excluding carboxylic acids is 1. The predicted octanol–water partition coefficient (Wildman–Crippen LogP) is 0.344. The van der Waals surface area contributed by atoms with E-state index in [0.717, 1.165) is 6.54 Å². The first-order valence-electron chi connectivity index (χ1n) is 7.74. The van der Waals surface area contributed by atoms with Crippen molar-refractivity contribution in [2.24, 2.45) is 17.8 Å². The molecule has 1 saturated heterocycles. The quantitative estimate of drug-likeness (QED) is 0.816. The Morgan fingerprint density at radius 3 is 2.76 bits per heavy atom. The summed E-state index contributed by atoms with van der Waals surface area (Å²) in [6.45, 7) is 5.40. The van der Waals surface area contributed by atoms with E-state index in [-0.39, 0.29) is 18.4 Å². The summed E-state index contributed by atoms with van der Waals surface area (Å²) in [5.74, 6) is 1.86. The van der Waals surface area contributed by atoms with Gasteiger partial charge in [-0.05, 0) is 38.0 Å². The molecule has 0 bridgehead atoms. The monoisotopic (exact) mass is 293 g/mol. The maximum Gasteiger partial charge on any atom is 0.236 e. The molecule has 7 heteroatoms. The van der Waals surface area contributed by atoms with Gasteiger partial charge in [0.05, 0.1) is 0 Å². The number of tetrazole rings is 1. The molecule has 1 amide bonds. The van der Waals surface area contributed by atoms with Crippen LogP contribution < -0.4 is 0 Å². The molecule has 116 valence electrons. The summed E-state index contributed by atoms with van der Waals surface area (Å²) < 4.78 is 0. The number of aromatic amines is 1. The molecular weight excluding hydrogens is 270 g/mol. The van der Waals surface area contributed by atoms with Crippen LogP contribution in [0.5, 0.6) is 0 Å². The van der Waals surface area contributed by atoms with E-state index < -0.39 is 5.41 Å². The summed E-state index contributed by atoms with van der Waals surface area (Å²) in [6.07, 6.45) is 3.10. The number of amides is 1. The molecule has 0 spiro atoms. The van der Waals surface area contributed by atoms with Gasteiger partial charge in [0, 0.05) is 25.6 Å². The van der Waals surface area contributed by atoms with Crippen molar-refractivity contribution >= 4 is 5.91 Å². The second-order valence-corrected chi connectivity index (χ2v) is 6.58. The van der Waals surface area contributed by atoms with Crippen molar-refractivity contribution < 1.29 is 9.90 Å². The number of aromatic nitrogens is 4. The lowest BCUT2D eigenvalue weighted by Gasteiger charge is -2.29. The fourth-order valence-electron chi connectivity index (χ4n) is 3.46. The Bertz CT molecular complexity index is 501. The number of nitrogens with one attached hydrogen (secondary N) is 1. The third kappa shape index (κ3) is 2.43. The van der Waals surface area contributed by atoms with Gasteiger partial charge in [-0.25, -0.2) is 0 Å². The van der Waals surface area contributed by atoms with E-state index in [0.29, 0.717) is 30.6 Å². The van der Waals surface area contributed by atoms with Crippen LogP contribution in [0.15, 0.2) is 0 Å². The SMILES string of the molecule is CCC(C)(C(=O)N1C[C@@H](CO)[C@H](C2CC2)C1)c1nn[nH]n1. The lowest BCUT2D eigenvalue weighted by Crippen LogP contribution is -2.45. The smallest absolute Gasteiger partial charge is 0.236 e. The molecule has 3 rings (SSSR count). The highest BCUT2D eigenvalue weighted by Crippen LogP contribution is 2.44. The van der Waals surface area contributed by atoms with Crippen molar-refractivity contribution in [2.45, 2.75) is 38.5 Å². The summed E-state index contributed by atoms with van der Waals surface area (Å²) in [7, 11) is 0. The Balaban J connectivity index is 1.78. The maximum absolute atomic E-state index is 13.0. The third-order valence-electron chi connectivity index (χ3n) is 5.26. The van der Waals surface area contributed by atoms with E-state index in [9.17, 15) is 9.90 Å². The number of carbonyl (C=O) groups is 1. The van der Waals surface area contributed by atoms with Gasteiger partial charge in [-0.2, -0.15) is 5.21 Å². The van der Waals surface area contributed by atoms with Crippen LogP contribution in [0, 0.1) is 17.8 Å². The van der Waals surface area contributed by atoms with Gasteiger partial charge in [0.15, 0.2) is 5.82 Å². The topological polar surface area (TPSA) is 95.0 Å². The fraction of sp³-hybridized carbons (Fsp3) is 0.857. The van der Waals surface area contributed by atoms with Gasteiger partial charge in [0.1, 0.15) is 5.41 Å². The van der Waals surface area contributed by atoms with Crippen molar-refractivity contribution in [3.8, 4) is 0 Å². The number of aliphatic hydroxyl groups is 1. The largest absolute Gasteiger partial charge is 0.396 e. The molecule has 2 N–H and O–H groups in total. The number of nitrogens with zero attached hydrogens (tertiary/aromatic N) is 4. The number of rotatable bonds is 5. The van der Waals surface area contributed by atoms with E-state index in [4.69, 9.17) is 0 Å². The van der Waals surface area contributed by atoms with Crippen molar-refractivity contribution in [3.05, 3.63) is 5.82 Å². The molecule has 3 atom stereocenters. The standard InChI is InChI=1S/C14H23N5O2/c1-3-14(2,12-15-17-18-16-12)13(21)19-6-10(8-20)11(7-19)9-4-5-9/h9-11,20H,3-8H2,1-2H3,(H,15,16,17,18)/t10-,11-,14?/m0/s1. The molecule has 1 aliphatic heterocycles. The van der Waals surface area contributed by atoms with Crippen LogP contribution in [0.25, 0.3) is 0 Å². The number of hydrogen-bond donors (Lipinski definition) is 2. The van der Waals surface area contributed by atoms with Crippen molar-refractivity contribution in [3.63, 3.8) is 0 Å². The van der Waals surface area contributed by atoms with Crippen LogP contribution in [-0.4, -0.2) is 56.2 Å². The molecule has 1 unspecified atom stereocenters. The molecule has 1 aromatic rings. The van der Waals surface area contributed by atoms with Crippen molar-refractivity contribution in [1.29, 1.82) is 0 Å². The molecule has 1 aromatic heterocycles. The summed E-state index contributed by atoms with van der Waals surface area (Å²) in [6, 6.07) is 0. The fourth-order valence-corrected chi connectivity index (χ4v) is 3.46. The normalized spacial score (nSPS) is 28.6. The van der Waals surface area contributed by atoms with Crippen LogP contribution >= 0.6 is 0 Å². The molecule has 2 heterocycles. The molecule has 21 heavy (non-hydrogen) atoms. The summed E-state index contributed by atoms with van der Waals surface area (Å²) in [4.78, 5) is 14.9. The zero-order valence-corrected chi connectivity index (χ0v) is 12.6. The van der Waals surface area contributed by atoms with Gasteiger partial charge in [-0.1, -0.05) is 12.1 Å². The summed E-state index contributed by atoms with van der Waals surface area (Å²) in [5, 5.41) is 23.6. The van der Waals surface area contributed by atoms with Gasteiger partial charge in [0.2, 0.25) is 5.91 Å². The number of hydrogen-bond acceptors (Lipinski definition) is 5. The molecule has 1 aliphatic carbocycles. The molecule has 7 nitrogen and oxygen atoms in total. The highest BCUT2D eigenvalue weighted by molar-refractivity contribution is 5.87. The van der Waals surface area contributed by atoms with Gasteiger partial charge in [0.25, 0.3) is 0 Å². The lowest BCUT2D eigenvalue weighted by molar-refractivity contribution is -0.136. The van der Waals surface area contributed by atoms with E-state index in [2.05, 4.69) is 20.6 Å². The number of aliphatic hydroxyl groups excluding tert-OH is 1. The van der Waals surface area contributed by atoms with Crippen LogP contribution in [0.3, 0.4) is 0 Å². The van der Waals surface area contributed by atoms with E-state index >= 15 is 0 Å². The Morgan fingerprint density at radius 1 is 1.48 bits per heavy atom. The minimum Gasteiger partial charge on any atom is -0.396 e. The lowest BCUT2D eigenvalue weighted by atomic mass is 9.85. The van der Waals surface area contributed by atoms with Gasteiger partial charge >= 0.3 is 0 Å². The van der Waals surface area contributed by atoms with Crippen molar-refractivity contribution in [1.82, 2.24) is 25.5 Å². The Hall–Kier alpha value is -1.50. The zero-order chi connectivity index (χ0) is 15.0. The van der Waals surface area contributed by atoms with Crippen LogP contribution in [0.2, 0.25) is 0 Å². The predicted molar refractivity (Wildman–Crippen MR) is 75.2 cm³/mol. The zero-order valence-electron chi connectivity index (χ0n) is 12.6. The van der Waals surface area contributed by atoms with Crippen LogP contribution in [0.4, 0.5) is 0 Å². The van der Waals surface area contributed by atoms with E-state index in [1.807, 2.05) is 18.7 Å². The van der Waals surface area contributed by atoms with Gasteiger partial charge in [-0.3, -0.25) is 4.79 Å². The Morgan fingerprint density at radius 2 is 2.24 bits per heavy atom. The molecule has 2 fully saturated rings. The van der Waals surface area contributed by atoms with Crippen molar-refractivity contribution in [2.75, 3.05) is 19.7 Å². The van der Waals surface area contributed by atoms with E-state index in [1.54, 1.807) is 0 Å². The first kappa shape index (κ1) is 14.4. The van der Waals surface area contributed by atoms with E-state index in [1.165, 1.54) is 12.8 Å².